The summed E-state index contributed by atoms with van der Waals surface area (Å²) in [6.07, 6.45) is 1.29. The summed E-state index contributed by atoms with van der Waals surface area (Å²) in [6, 6.07) is 14.2. The first-order valence-electron chi connectivity index (χ1n) is 8.74. The molecule has 3 N–H and O–H groups in total. The Bertz CT molecular complexity index is 803. The summed E-state index contributed by atoms with van der Waals surface area (Å²) in [7, 11) is 0. The molecular formula is C21H24N2O4. The molecule has 0 fully saturated rings. The molecule has 0 saturated carbocycles. The monoisotopic (exact) mass is 368 g/mol. The number of benzene rings is 2. The molecule has 27 heavy (non-hydrogen) atoms. The van der Waals surface area contributed by atoms with E-state index in [1.54, 1.807) is 25.1 Å². The summed E-state index contributed by atoms with van der Waals surface area (Å²) in [6.45, 7) is 5.81. The third kappa shape index (κ3) is 6.18. The van der Waals surface area contributed by atoms with Gasteiger partial charge in [0.1, 0.15) is 5.75 Å². The molecule has 2 aromatic rings. The summed E-state index contributed by atoms with van der Waals surface area (Å²) < 4.78 is 4.98. The number of hydrogen-bond acceptors (Lipinski definition) is 4. The molecule has 0 heterocycles. The number of unbranched alkanes of at least 4 members (excludes halogenated alkanes) is 1. The summed E-state index contributed by atoms with van der Waals surface area (Å²) in [5, 5.41) is 15.8. The maximum atomic E-state index is 12.0. The number of para-hydroxylation sites is 1. The average Bonchev–Trinajstić information content (AvgIpc) is 2.66. The SMILES string of the molecule is C=C(C)C(=O)OCCCCNC(=O)Nc1cccc(-c2ccccc2)c1O. The van der Waals surface area contributed by atoms with Gasteiger partial charge in [-0.2, -0.15) is 0 Å². The van der Waals surface area contributed by atoms with Crippen molar-refractivity contribution in [1.82, 2.24) is 5.32 Å². The molecule has 0 unspecified atom stereocenters. The van der Waals surface area contributed by atoms with E-state index >= 15 is 0 Å². The number of nitrogens with one attached hydrogen (secondary N) is 2. The van der Waals surface area contributed by atoms with Gasteiger partial charge in [-0.1, -0.05) is 49.0 Å². The number of rotatable bonds is 8. The van der Waals surface area contributed by atoms with Crippen LogP contribution >= 0.6 is 0 Å². The summed E-state index contributed by atoms with van der Waals surface area (Å²) >= 11 is 0. The minimum Gasteiger partial charge on any atom is -0.505 e. The van der Waals surface area contributed by atoms with E-state index in [0.29, 0.717) is 36.2 Å². The van der Waals surface area contributed by atoms with Gasteiger partial charge in [-0.05, 0) is 31.4 Å². The molecule has 0 aliphatic rings. The fourth-order valence-electron chi connectivity index (χ4n) is 2.38. The van der Waals surface area contributed by atoms with Crippen LogP contribution in [0.2, 0.25) is 0 Å². The van der Waals surface area contributed by atoms with Crippen LogP contribution in [0.1, 0.15) is 19.8 Å². The Hall–Kier alpha value is -3.28. The number of esters is 1. The lowest BCUT2D eigenvalue weighted by molar-refractivity contribution is -0.139. The van der Waals surface area contributed by atoms with Crippen LogP contribution < -0.4 is 10.6 Å². The number of carbonyl (C=O) groups is 2. The van der Waals surface area contributed by atoms with E-state index in [4.69, 9.17) is 4.74 Å². The van der Waals surface area contributed by atoms with Gasteiger partial charge in [0.15, 0.2) is 0 Å². The zero-order valence-electron chi connectivity index (χ0n) is 15.3. The van der Waals surface area contributed by atoms with Crippen molar-refractivity contribution in [1.29, 1.82) is 0 Å². The molecule has 0 aliphatic heterocycles. The molecule has 0 aromatic heterocycles. The molecule has 0 bridgehead atoms. The smallest absolute Gasteiger partial charge is 0.333 e. The van der Waals surface area contributed by atoms with E-state index in [9.17, 15) is 14.7 Å². The number of amides is 2. The topological polar surface area (TPSA) is 87.7 Å². The van der Waals surface area contributed by atoms with Crippen LogP contribution in [0.15, 0.2) is 60.7 Å². The van der Waals surface area contributed by atoms with Gasteiger partial charge in [-0.25, -0.2) is 9.59 Å². The number of phenolic OH excluding ortho intramolecular Hbond substituents is 1. The third-order valence-corrected chi connectivity index (χ3v) is 3.81. The Morgan fingerprint density at radius 2 is 1.81 bits per heavy atom. The second kappa shape index (κ2) is 10.0. The number of phenols is 1. The summed E-state index contributed by atoms with van der Waals surface area (Å²) in [5.74, 6) is -0.389. The number of ether oxygens (including phenoxy) is 1. The Balaban J connectivity index is 1.79. The lowest BCUT2D eigenvalue weighted by Crippen LogP contribution is -2.29. The van der Waals surface area contributed by atoms with E-state index in [0.717, 1.165) is 5.56 Å². The van der Waals surface area contributed by atoms with Crippen molar-refractivity contribution in [3.05, 3.63) is 60.7 Å². The molecule has 142 valence electrons. The van der Waals surface area contributed by atoms with Gasteiger partial charge in [0.2, 0.25) is 0 Å². The molecule has 0 saturated heterocycles. The van der Waals surface area contributed by atoms with Crippen molar-refractivity contribution in [2.45, 2.75) is 19.8 Å². The molecule has 0 radical (unpaired) electrons. The van der Waals surface area contributed by atoms with Crippen LogP contribution in [0.3, 0.4) is 0 Å². The van der Waals surface area contributed by atoms with Crippen LogP contribution in [0.25, 0.3) is 11.1 Å². The molecule has 2 amide bonds. The molecule has 0 atom stereocenters. The standard InChI is InChI=1S/C21H24N2O4/c1-15(2)20(25)27-14-7-6-13-22-21(26)23-18-12-8-11-17(19(18)24)16-9-4-3-5-10-16/h3-5,8-12,24H,1,6-7,13-14H2,2H3,(H2,22,23,26). The molecule has 0 aliphatic carbocycles. The van der Waals surface area contributed by atoms with Crippen LogP contribution in [-0.2, 0) is 9.53 Å². The quantitative estimate of drug-likeness (QED) is 0.284. The van der Waals surface area contributed by atoms with Crippen LogP contribution in [-0.4, -0.2) is 30.3 Å². The van der Waals surface area contributed by atoms with Crippen molar-refractivity contribution in [3.63, 3.8) is 0 Å². The van der Waals surface area contributed by atoms with E-state index in [1.165, 1.54) is 0 Å². The van der Waals surface area contributed by atoms with Gasteiger partial charge < -0.3 is 20.5 Å². The fraction of sp³-hybridized carbons (Fsp3) is 0.238. The number of carbonyl (C=O) groups excluding carboxylic acids is 2. The van der Waals surface area contributed by atoms with Crippen LogP contribution in [0.4, 0.5) is 10.5 Å². The van der Waals surface area contributed by atoms with Crippen molar-refractivity contribution >= 4 is 17.7 Å². The zero-order valence-corrected chi connectivity index (χ0v) is 15.3. The minimum atomic E-state index is -0.408. The van der Waals surface area contributed by atoms with Crippen molar-refractivity contribution in [3.8, 4) is 16.9 Å². The van der Waals surface area contributed by atoms with E-state index in [-0.39, 0.29) is 12.4 Å². The lowest BCUT2D eigenvalue weighted by Gasteiger charge is -2.12. The first-order valence-corrected chi connectivity index (χ1v) is 8.74. The Morgan fingerprint density at radius 3 is 2.52 bits per heavy atom. The summed E-state index contributed by atoms with van der Waals surface area (Å²) in [4.78, 5) is 23.2. The highest BCUT2D eigenvalue weighted by Crippen LogP contribution is 2.35. The highest BCUT2D eigenvalue weighted by Gasteiger charge is 2.11. The predicted molar refractivity (Wildman–Crippen MR) is 106 cm³/mol. The van der Waals surface area contributed by atoms with Gasteiger partial charge >= 0.3 is 12.0 Å². The Kier molecular flexibility index (Phi) is 7.43. The van der Waals surface area contributed by atoms with Crippen LogP contribution in [0, 0.1) is 0 Å². The lowest BCUT2D eigenvalue weighted by atomic mass is 10.0. The zero-order chi connectivity index (χ0) is 19.6. The van der Waals surface area contributed by atoms with E-state index in [2.05, 4.69) is 17.2 Å². The molecule has 6 heteroatoms. The minimum absolute atomic E-state index is 0.0190. The normalized spacial score (nSPS) is 10.1. The van der Waals surface area contributed by atoms with Gasteiger partial charge in [-0.3, -0.25) is 0 Å². The van der Waals surface area contributed by atoms with Crippen molar-refractivity contribution in [2.75, 3.05) is 18.5 Å². The van der Waals surface area contributed by atoms with Crippen molar-refractivity contribution in [2.24, 2.45) is 0 Å². The maximum absolute atomic E-state index is 12.0. The van der Waals surface area contributed by atoms with Gasteiger partial charge in [0, 0.05) is 17.7 Å². The second-order valence-corrected chi connectivity index (χ2v) is 6.07. The molecule has 0 spiro atoms. The average molecular weight is 368 g/mol. The largest absolute Gasteiger partial charge is 0.505 e. The van der Waals surface area contributed by atoms with Gasteiger partial charge in [0.25, 0.3) is 0 Å². The fourth-order valence-corrected chi connectivity index (χ4v) is 2.38. The Morgan fingerprint density at radius 1 is 1.07 bits per heavy atom. The van der Waals surface area contributed by atoms with Crippen molar-refractivity contribution < 1.29 is 19.4 Å². The predicted octanol–water partition coefficient (Wildman–Crippen LogP) is 4.08. The van der Waals surface area contributed by atoms with Gasteiger partial charge in [0.05, 0.1) is 12.3 Å². The number of urea groups is 1. The molecule has 2 aromatic carbocycles. The first-order chi connectivity index (χ1) is 13.0. The number of anilines is 1. The summed E-state index contributed by atoms with van der Waals surface area (Å²) in [5.41, 5.74) is 2.21. The van der Waals surface area contributed by atoms with Gasteiger partial charge in [-0.15, -0.1) is 0 Å². The highest BCUT2D eigenvalue weighted by atomic mass is 16.5. The number of hydrogen-bond donors (Lipinski definition) is 3. The molecular weight excluding hydrogens is 344 g/mol. The van der Waals surface area contributed by atoms with Crippen LogP contribution in [0.5, 0.6) is 5.75 Å². The van der Waals surface area contributed by atoms with E-state index < -0.39 is 12.0 Å². The molecule has 6 nitrogen and oxygen atoms in total. The molecule has 2 rings (SSSR count). The second-order valence-electron chi connectivity index (χ2n) is 6.07. The maximum Gasteiger partial charge on any atom is 0.333 e. The van der Waals surface area contributed by atoms with E-state index in [1.807, 2.05) is 30.3 Å². The highest BCUT2D eigenvalue weighted by molar-refractivity contribution is 5.93. The third-order valence-electron chi connectivity index (χ3n) is 3.81. The number of aromatic hydroxyl groups is 1. The Labute approximate surface area is 158 Å². The first kappa shape index (κ1) is 20.0.